The fourth-order valence-corrected chi connectivity index (χ4v) is 2.34. The van der Waals surface area contributed by atoms with Gasteiger partial charge in [-0.3, -0.25) is 14.4 Å². The molecule has 1 aromatic carbocycles. The first-order valence-corrected chi connectivity index (χ1v) is 7.07. The molecule has 0 unspecified atom stereocenters. The number of aromatic nitrogens is 3. The molecular weight excluding hydrogens is 296 g/mol. The Balaban J connectivity index is 1.76. The number of pyridine rings is 1. The number of rotatable bonds is 4. The van der Waals surface area contributed by atoms with Gasteiger partial charge in [0.1, 0.15) is 0 Å². The first-order chi connectivity index (χ1) is 11.1. The SMILES string of the molecule is O=C(NCCc1cc(=O)[nH]cn1)c1cc(=O)[nH]c2ccccc12. The van der Waals surface area contributed by atoms with E-state index in [-0.39, 0.29) is 17.0 Å². The van der Waals surface area contributed by atoms with Crippen LogP contribution in [0.2, 0.25) is 0 Å². The third-order valence-electron chi connectivity index (χ3n) is 3.40. The zero-order valence-corrected chi connectivity index (χ0v) is 12.1. The molecule has 0 aliphatic rings. The van der Waals surface area contributed by atoms with Gasteiger partial charge < -0.3 is 15.3 Å². The largest absolute Gasteiger partial charge is 0.352 e. The average molecular weight is 310 g/mol. The predicted molar refractivity (Wildman–Crippen MR) is 85.5 cm³/mol. The van der Waals surface area contributed by atoms with Crippen LogP contribution in [-0.2, 0) is 6.42 Å². The van der Waals surface area contributed by atoms with Gasteiger partial charge in [0.2, 0.25) is 5.56 Å². The van der Waals surface area contributed by atoms with Gasteiger partial charge in [-0.2, -0.15) is 0 Å². The van der Waals surface area contributed by atoms with Crippen molar-refractivity contribution in [2.75, 3.05) is 6.54 Å². The summed E-state index contributed by atoms with van der Waals surface area (Å²) in [5, 5.41) is 3.42. The van der Waals surface area contributed by atoms with Crippen molar-refractivity contribution >= 4 is 16.8 Å². The Morgan fingerprint density at radius 3 is 2.78 bits per heavy atom. The molecule has 2 heterocycles. The van der Waals surface area contributed by atoms with Crippen LogP contribution in [0.25, 0.3) is 10.9 Å². The van der Waals surface area contributed by atoms with E-state index in [1.54, 1.807) is 24.3 Å². The maximum atomic E-state index is 12.3. The highest BCUT2D eigenvalue weighted by atomic mass is 16.2. The van der Waals surface area contributed by atoms with Crippen molar-refractivity contribution in [3.05, 3.63) is 74.7 Å². The third kappa shape index (κ3) is 3.34. The van der Waals surface area contributed by atoms with Crippen LogP contribution in [0.4, 0.5) is 0 Å². The highest BCUT2D eigenvalue weighted by Crippen LogP contribution is 2.14. The fraction of sp³-hybridized carbons (Fsp3) is 0.125. The molecule has 7 heteroatoms. The van der Waals surface area contributed by atoms with Crippen molar-refractivity contribution in [3.63, 3.8) is 0 Å². The average Bonchev–Trinajstić information content (AvgIpc) is 2.54. The van der Waals surface area contributed by atoms with Crippen LogP contribution in [0.15, 0.2) is 52.3 Å². The topological polar surface area (TPSA) is 108 Å². The van der Waals surface area contributed by atoms with Gasteiger partial charge >= 0.3 is 0 Å². The van der Waals surface area contributed by atoms with E-state index in [1.165, 1.54) is 18.5 Å². The van der Waals surface area contributed by atoms with E-state index in [1.807, 2.05) is 0 Å². The summed E-state index contributed by atoms with van der Waals surface area (Å²) in [6, 6.07) is 9.78. The Kier molecular flexibility index (Phi) is 4.01. The Bertz CT molecular complexity index is 974. The van der Waals surface area contributed by atoms with E-state index in [0.717, 1.165) is 0 Å². The molecule has 0 bridgehead atoms. The molecule has 0 radical (unpaired) electrons. The molecule has 23 heavy (non-hydrogen) atoms. The number of aromatic amines is 2. The minimum atomic E-state index is -0.336. The van der Waals surface area contributed by atoms with E-state index in [0.29, 0.717) is 35.1 Å². The zero-order chi connectivity index (χ0) is 16.2. The first kappa shape index (κ1) is 14.7. The van der Waals surface area contributed by atoms with Crippen LogP contribution in [0.5, 0.6) is 0 Å². The van der Waals surface area contributed by atoms with Crippen LogP contribution in [0, 0.1) is 0 Å². The number of para-hydroxylation sites is 1. The lowest BCUT2D eigenvalue weighted by molar-refractivity contribution is 0.0955. The Morgan fingerprint density at radius 2 is 1.96 bits per heavy atom. The molecule has 0 aliphatic heterocycles. The van der Waals surface area contributed by atoms with Crippen LogP contribution in [-0.4, -0.2) is 27.4 Å². The molecule has 116 valence electrons. The van der Waals surface area contributed by atoms with Crippen LogP contribution < -0.4 is 16.4 Å². The normalized spacial score (nSPS) is 10.6. The molecule has 3 N–H and O–H groups in total. The summed E-state index contributed by atoms with van der Waals surface area (Å²) < 4.78 is 0. The highest BCUT2D eigenvalue weighted by molar-refractivity contribution is 6.05. The van der Waals surface area contributed by atoms with Crippen LogP contribution in [0.1, 0.15) is 16.1 Å². The quantitative estimate of drug-likeness (QED) is 0.655. The molecule has 1 amide bonds. The first-order valence-electron chi connectivity index (χ1n) is 7.07. The molecule has 3 rings (SSSR count). The van der Waals surface area contributed by atoms with Crippen LogP contribution in [0.3, 0.4) is 0 Å². The van der Waals surface area contributed by atoms with Gasteiger partial charge in [0.25, 0.3) is 11.5 Å². The Labute approximate surface area is 130 Å². The lowest BCUT2D eigenvalue weighted by atomic mass is 10.1. The third-order valence-corrected chi connectivity index (χ3v) is 3.40. The van der Waals surface area contributed by atoms with Gasteiger partial charge in [-0.15, -0.1) is 0 Å². The van der Waals surface area contributed by atoms with E-state index < -0.39 is 0 Å². The Hall–Kier alpha value is -3.22. The van der Waals surface area contributed by atoms with Crippen molar-refractivity contribution in [1.29, 1.82) is 0 Å². The predicted octanol–water partition coefficient (Wildman–Crippen LogP) is 0.584. The van der Waals surface area contributed by atoms with Crippen molar-refractivity contribution < 1.29 is 4.79 Å². The number of carbonyl (C=O) groups is 1. The molecule has 7 nitrogen and oxygen atoms in total. The Morgan fingerprint density at radius 1 is 1.13 bits per heavy atom. The number of hydrogen-bond acceptors (Lipinski definition) is 4. The van der Waals surface area contributed by atoms with Crippen molar-refractivity contribution in [3.8, 4) is 0 Å². The summed E-state index contributed by atoms with van der Waals surface area (Å²) in [6.07, 6.45) is 1.75. The van der Waals surface area contributed by atoms with Crippen molar-refractivity contribution in [2.45, 2.75) is 6.42 Å². The summed E-state index contributed by atoms with van der Waals surface area (Å²) in [4.78, 5) is 44.3. The summed E-state index contributed by atoms with van der Waals surface area (Å²) in [5.74, 6) is -0.336. The highest BCUT2D eigenvalue weighted by Gasteiger charge is 2.11. The second-order valence-electron chi connectivity index (χ2n) is 5.00. The molecule has 0 aliphatic carbocycles. The monoisotopic (exact) mass is 310 g/mol. The lowest BCUT2D eigenvalue weighted by Crippen LogP contribution is -2.27. The van der Waals surface area contributed by atoms with E-state index in [4.69, 9.17) is 0 Å². The maximum absolute atomic E-state index is 12.3. The molecule has 0 spiro atoms. The maximum Gasteiger partial charge on any atom is 0.252 e. The summed E-state index contributed by atoms with van der Waals surface area (Å²) in [7, 11) is 0. The van der Waals surface area contributed by atoms with Gasteiger partial charge in [-0.05, 0) is 6.07 Å². The van der Waals surface area contributed by atoms with E-state index in [9.17, 15) is 14.4 Å². The number of H-pyrrole nitrogens is 2. The standard InChI is InChI=1S/C16H14N4O3/c21-14-7-10(18-9-19-14)5-6-17-16(23)12-8-15(22)20-13-4-2-1-3-11(12)13/h1-4,7-9H,5-6H2,(H,17,23)(H,20,22)(H,18,19,21). The number of hydrogen-bond donors (Lipinski definition) is 3. The smallest absolute Gasteiger partial charge is 0.252 e. The zero-order valence-electron chi connectivity index (χ0n) is 12.1. The minimum absolute atomic E-state index is 0.234. The summed E-state index contributed by atoms with van der Waals surface area (Å²) in [5.41, 5.74) is 0.960. The van der Waals surface area contributed by atoms with Gasteiger partial charge in [0.05, 0.1) is 11.9 Å². The second-order valence-corrected chi connectivity index (χ2v) is 5.00. The van der Waals surface area contributed by atoms with E-state index in [2.05, 4.69) is 20.3 Å². The van der Waals surface area contributed by atoms with Gasteiger partial charge in [0, 0.05) is 41.7 Å². The lowest BCUT2D eigenvalue weighted by Gasteiger charge is -2.07. The fourth-order valence-electron chi connectivity index (χ4n) is 2.34. The number of nitrogens with zero attached hydrogens (tertiary/aromatic N) is 1. The molecule has 0 saturated heterocycles. The molecular formula is C16H14N4O3. The van der Waals surface area contributed by atoms with Gasteiger partial charge in [-0.1, -0.05) is 18.2 Å². The number of carbonyl (C=O) groups excluding carboxylic acids is 1. The molecule has 0 saturated carbocycles. The van der Waals surface area contributed by atoms with Gasteiger partial charge in [-0.25, -0.2) is 4.98 Å². The molecule has 0 atom stereocenters. The molecule has 2 aromatic heterocycles. The van der Waals surface area contributed by atoms with Crippen molar-refractivity contribution in [2.24, 2.45) is 0 Å². The number of fused-ring (bicyclic) bond motifs is 1. The number of amides is 1. The number of nitrogens with one attached hydrogen (secondary N) is 3. The second kappa shape index (κ2) is 6.27. The number of benzene rings is 1. The van der Waals surface area contributed by atoms with Crippen molar-refractivity contribution in [1.82, 2.24) is 20.3 Å². The molecule has 0 fully saturated rings. The van der Waals surface area contributed by atoms with E-state index >= 15 is 0 Å². The molecule has 3 aromatic rings. The van der Waals surface area contributed by atoms with Gasteiger partial charge in [0.15, 0.2) is 0 Å². The summed E-state index contributed by atoms with van der Waals surface area (Å²) in [6.45, 7) is 0.316. The van der Waals surface area contributed by atoms with Crippen LogP contribution >= 0.6 is 0 Å². The minimum Gasteiger partial charge on any atom is -0.352 e. The summed E-state index contributed by atoms with van der Waals surface area (Å²) >= 11 is 0.